The molecule has 1 aromatic rings. The lowest BCUT2D eigenvalue weighted by atomic mass is 10.1. The second-order valence-electron chi connectivity index (χ2n) is 6.54. The third kappa shape index (κ3) is 3.39. The van der Waals surface area contributed by atoms with Gasteiger partial charge in [0.1, 0.15) is 5.69 Å². The zero-order valence-corrected chi connectivity index (χ0v) is 13.6. The highest BCUT2D eigenvalue weighted by atomic mass is 19.1. The lowest BCUT2D eigenvalue weighted by molar-refractivity contribution is -0.880. The van der Waals surface area contributed by atoms with E-state index in [2.05, 4.69) is 7.05 Å². The molecule has 2 heterocycles. The number of piperazine rings is 1. The Kier molecular flexibility index (Phi) is 4.66. The van der Waals surface area contributed by atoms with Crippen LogP contribution < -0.4 is 14.7 Å². The molecule has 0 aliphatic carbocycles. The number of rotatable bonds is 3. The zero-order chi connectivity index (χ0) is 16.4. The van der Waals surface area contributed by atoms with Gasteiger partial charge in [0.2, 0.25) is 0 Å². The number of hydrogen-bond acceptors (Lipinski definition) is 4. The quantitative estimate of drug-likeness (QED) is 0.667. The number of halogens is 1. The van der Waals surface area contributed by atoms with Crippen molar-refractivity contribution < 1.29 is 14.2 Å². The van der Waals surface area contributed by atoms with E-state index < -0.39 is 10.7 Å². The van der Waals surface area contributed by atoms with Crippen LogP contribution in [0.3, 0.4) is 0 Å². The Bertz CT molecular complexity index is 582. The summed E-state index contributed by atoms with van der Waals surface area (Å²) in [5, 5.41) is 11.4. The lowest BCUT2D eigenvalue weighted by Gasteiger charge is -2.33. The predicted molar refractivity (Wildman–Crippen MR) is 88.0 cm³/mol. The molecule has 3 rings (SSSR count). The summed E-state index contributed by atoms with van der Waals surface area (Å²) >= 11 is 0. The van der Waals surface area contributed by atoms with Gasteiger partial charge in [0.15, 0.2) is 5.82 Å². The van der Waals surface area contributed by atoms with Gasteiger partial charge in [-0.3, -0.25) is 10.1 Å². The van der Waals surface area contributed by atoms with E-state index in [1.54, 1.807) is 6.07 Å². The van der Waals surface area contributed by atoms with Gasteiger partial charge in [0.05, 0.1) is 49.9 Å². The van der Waals surface area contributed by atoms with Crippen LogP contribution in [-0.4, -0.2) is 51.2 Å². The number of anilines is 2. The van der Waals surface area contributed by atoms with Crippen LogP contribution >= 0.6 is 0 Å². The van der Waals surface area contributed by atoms with Gasteiger partial charge in [-0.25, -0.2) is 4.39 Å². The fourth-order valence-electron chi connectivity index (χ4n) is 3.45. The molecule has 0 aromatic heterocycles. The summed E-state index contributed by atoms with van der Waals surface area (Å²) in [6.07, 6.45) is 3.26. The highest BCUT2D eigenvalue weighted by Gasteiger charge is 2.28. The second kappa shape index (κ2) is 6.70. The molecule has 2 fully saturated rings. The van der Waals surface area contributed by atoms with Crippen molar-refractivity contribution in [1.29, 1.82) is 0 Å². The Hall–Kier alpha value is -1.89. The molecule has 1 aromatic carbocycles. The molecule has 0 amide bonds. The fourth-order valence-corrected chi connectivity index (χ4v) is 3.45. The number of likely N-dealkylation sites (N-methyl/N-ethyl adjacent to an activating group) is 1. The first-order valence-corrected chi connectivity index (χ1v) is 8.35. The fraction of sp³-hybridized carbons (Fsp3) is 0.625. The van der Waals surface area contributed by atoms with E-state index >= 15 is 0 Å². The van der Waals surface area contributed by atoms with E-state index in [1.807, 2.05) is 9.80 Å². The van der Waals surface area contributed by atoms with Crippen molar-refractivity contribution in [2.45, 2.75) is 19.3 Å². The molecule has 0 unspecified atom stereocenters. The third-order valence-electron chi connectivity index (χ3n) is 4.90. The summed E-state index contributed by atoms with van der Waals surface area (Å²) in [5.74, 6) is -0.484. The van der Waals surface area contributed by atoms with E-state index in [9.17, 15) is 14.5 Å². The summed E-state index contributed by atoms with van der Waals surface area (Å²) in [7, 11) is 2.12. The standard InChI is InChI=1S/C16H23FN4O2/c1-18-7-9-20(10-8-18)15-12-14(19-5-3-2-4-6-19)13(17)11-16(15)21(22)23/h11-12H,2-10H2,1H3/p+1. The first kappa shape index (κ1) is 16.0. The second-order valence-corrected chi connectivity index (χ2v) is 6.54. The Labute approximate surface area is 135 Å². The molecule has 1 N–H and O–H groups in total. The van der Waals surface area contributed by atoms with Crippen molar-refractivity contribution in [1.82, 2.24) is 0 Å². The molecule has 7 heteroatoms. The summed E-state index contributed by atoms with van der Waals surface area (Å²) in [6, 6.07) is 2.80. The van der Waals surface area contributed by atoms with Crippen LogP contribution in [0.2, 0.25) is 0 Å². The van der Waals surface area contributed by atoms with Crippen LogP contribution in [0, 0.1) is 15.9 Å². The van der Waals surface area contributed by atoms with Gasteiger partial charge in [0.25, 0.3) is 5.69 Å². The molecule has 2 aliphatic heterocycles. The van der Waals surface area contributed by atoms with Crippen molar-refractivity contribution >= 4 is 17.1 Å². The third-order valence-corrected chi connectivity index (χ3v) is 4.90. The van der Waals surface area contributed by atoms with Gasteiger partial charge in [0, 0.05) is 13.1 Å². The van der Waals surface area contributed by atoms with Crippen LogP contribution in [0.15, 0.2) is 12.1 Å². The average Bonchev–Trinajstić information content (AvgIpc) is 2.56. The number of hydrogen-bond donors (Lipinski definition) is 1. The Morgan fingerprint density at radius 2 is 1.65 bits per heavy atom. The van der Waals surface area contributed by atoms with Crippen LogP contribution in [0.25, 0.3) is 0 Å². The van der Waals surface area contributed by atoms with Gasteiger partial charge in [-0.15, -0.1) is 0 Å². The van der Waals surface area contributed by atoms with E-state index in [0.717, 1.165) is 58.2 Å². The average molecular weight is 323 g/mol. The van der Waals surface area contributed by atoms with Crippen LogP contribution in [0.4, 0.5) is 21.5 Å². The van der Waals surface area contributed by atoms with Crippen molar-refractivity contribution in [3.8, 4) is 0 Å². The molecular formula is C16H24FN4O2+. The molecule has 0 bridgehead atoms. The number of benzene rings is 1. The molecule has 2 aliphatic rings. The minimum absolute atomic E-state index is 0.122. The molecule has 6 nitrogen and oxygen atoms in total. The minimum Gasteiger partial charge on any atom is -0.369 e. The first-order chi connectivity index (χ1) is 11.1. The van der Waals surface area contributed by atoms with Gasteiger partial charge in [-0.2, -0.15) is 0 Å². The van der Waals surface area contributed by atoms with Crippen LogP contribution in [-0.2, 0) is 0 Å². The number of piperidine rings is 1. The summed E-state index contributed by atoms with van der Waals surface area (Å²) < 4.78 is 14.4. The largest absolute Gasteiger partial charge is 0.369 e. The topological polar surface area (TPSA) is 54.1 Å². The van der Waals surface area contributed by atoms with Crippen LogP contribution in [0.5, 0.6) is 0 Å². The molecule has 23 heavy (non-hydrogen) atoms. The van der Waals surface area contributed by atoms with Crippen molar-refractivity contribution in [2.24, 2.45) is 0 Å². The maximum Gasteiger partial charge on any atom is 0.295 e. The maximum atomic E-state index is 14.4. The number of nitrogens with one attached hydrogen (secondary N) is 1. The lowest BCUT2D eigenvalue weighted by Crippen LogP contribution is -3.12. The minimum atomic E-state index is -0.484. The van der Waals surface area contributed by atoms with Crippen LogP contribution in [0.1, 0.15) is 19.3 Å². The Balaban J connectivity index is 1.96. The van der Waals surface area contributed by atoms with Crippen molar-refractivity contribution in [3.63, 3.8) is 0 Å². The molecule has 126 valence electrons. The van der Waals surface area contributed by atoms with Gasteiger partial charge in [-0.05, 0) is 25.3 Å². The monoisotopic (exact) mass is 323 g/mol. The smallest absolute Gasteiger partial charge is 0.295 e. The van der Waals surface area contributed by atoms with E-state index in [0.29, 0.717) is 11.4 Å². The Morgan fingerprint density at radius 1 is 1.04 bits per heavy atom. The normalized spacial score (nSPS) is 19.9. The van der Waals surface area contributed by atoms with E-state index in [-0.39, 0.29) is 5.69 Å². The summed E-state index contributed by atoms with van der Waals surface area (Å²) in [5.41, 5.74) is 0.948. The van der Waals surface area contributed by atoms with Crippen molar-refractivity contribution in [3.05, 3.63) is 28.1 Å². The molecule has 0 spiro atoms. The molecule has 0 atom stereocenters. The zero-order valence-electron chi connectivity index (χ0n) is 13.6. The first-order valence-electron chi connectivity index (χ1n) is 8.35. The molecule has 2 saturated heterocycles. The predicted octanol–water partition coefficient (Wildman–Crippen LogP) is 1.06. The molecule has 0 radical (unpaired) electrons. The van der Waals surface area contributed by atoms with Gasteiger partial charge >= 0.3 is 0 Å². The number of nitro groups is 1. The van der Waals surface area contributed by atoms with E-state index in [4.69, 9.17) is 0 Å². The Morgan fingerprint density at radius 3 is 2.26 bits per heavy atom. The maximum absolute atomic E-state index is 14.4. The molecular weight excluding hydrogens is 299 g/mol. The SMILES string of the molecule is C[NH+]1CCN(c2cc(N3CCCCC3)c(F)cc2[N+](=O)[O-])CC1. The highest BCUT2D eigenvalue weighted by Crippen LogP contribution is 2.36. The number of nitrogens with zero attached hydrogens (tertiary/aromatic N) is 3. The van der Waals surface area contributed by atoms with Crippen molar-refractivity contribution in [2.75, 3.05) is 56.1 Å². The summed E-state index contributed by atoms with van der Waals surface area (Å²) in [6.45, 7) is 5.04. The molecule has 0 saturated carbocycles. The van der Waals surface area contributed by atoms with Gasteiger partial charge < -0.3 is 14.7 Å². The number of nitro benzene ring substituents is 1. The number of quaternary nitrogens is 1. The summed E-state index contributed by atoms with van der Waals surface area (Å²) in [4.78, 5) is 16.4. The van der Waals surface area contributed by atoms with E-state index in [1.165, 1.54) is 11.3 Å². The van der Waals surface area contributed by atoms with Gasteiger partial charge in [-0.1, -0.05) is 0 Å². The highest BCUT2D eigenvalue weighted by molar-refractivity contribution is 5.71.